The Balaban J connectivity index is 2.09. The number of aromatic nitrogens is 2. The van der Waals surface area contributed by atoms with Gasteiger partial charge in [0.25, 0.3) is 0 Å². The molecular weight excluding hydrogens is 246 g/mol. The van der Waals surface area contributed by atoms with Gasteiger partial charge in [0, 0.05) is 17.2 Å². The minimum absolute atomic E-state index is 0.481. The van der Waals surface area contributed by atoms with Crippen LogP contribution in [0.25, 0.3) is 22.6 Å². The minimum Gasteiger partial charge on any atom is -0.384 e. The molecule has 1 aromatic heterocycles. The van der Waals surface area contributed by atoms with Crippen LogP contribution in [-0.2, 0) is 0 Å². The first-order valence-corrected chi connectivity index (χ1v) is 6.49. The van der Waals surface area contributed by atoms with Crippen LogP contribution >= 0.6 is 0 Å². The predicted octanol–water partition coefficient (Wildman–Crippen LogP) is 3.70. The van der Waals surface area contributed by atoms with Gasteiger partial charge in [0.15, 0.2) is 5.82 Å². The smallest absolute Gasteiger partial charge is 0.162 e. The molecule has 98 valence electrons. The lowest BCUT2D eigenvalue weighted by molar-refractivity contribution is 1.19. The molecule has 0 atom stereocenters. The summed E-state index contributed by atoms with van der Waals surface area (Å²) in [5.74, 6) is 1.13. The first kappa shape index (κ1) is 12.4. The SMILES string of the molecule is Cc1ccc(-c2cc(N)nc(-c3ccccc3)n2)cc1. The van der Waals surface area contributed by atoms with Crippen molar-refractivity contribution in [2.24, 2.45) is 0 Å². The number of anilines is 1. The summed E-state index contributed by atoms with van der Waals surface area (Å²) in [6.07, 6.45) is 0. The van der Waals surface area contributed by atoms with Crippen LogP contribution in [0.2, 0.25) is 0 Å². The van der Waals surface area contributed by atoms with Gasteiger partial charge in [-0.2, -0.15) is 0 Å². The number of rotatable bonds is 2. The van der Waals surface area contributed by atoms with Crippen molar-refractivity contribution >= 4 is 5.82 Å². The zero-order valence-electron chi connectivity index (χ0n) is 11.2. The number of aryl methyl sites for hydroxylation is 1. The molecule has 0 spiro atoms. The van der Waals surface area contributed by atoms with E-state index < -0.39 is 0 Å². The van der Waals surface area contributed by atoms with Crippen molar-refractivity contribution in [3.63, 3.8) is 0 Å². The molecular formula is C17H15N3. The molecule has 0 unspecified atom stereocenters. The summed E-state index contributed by atoms with van der Waals surface area (Å²) < 4.78 is 0. The molecule has 0 fully saturated rings. The molecule has 1 heterocycles. The molecule has 3 nitrogen and oxygen atoms in total. The second kappa shape index (κ2) is 5.13. The molecule has 0 saturated heterocycles. The van der Waals surface area contributed by atoms with Crippen molar-refractivity contribution in [3.8, 4) is 22.6 Å². The van der Waals surface area contributed by atoms with Gasteiger partial charge < -0.3 is 5.73 Å². The van der Waals surface area contributed by atoms with Crippen LogP contribution < -0.4 is 5.73 Å². The van der Waals surface area contributed by atoms with Crippen LogP contribution in [-0.4, -0.2) is 9.97 Å². The summed E-state index contributed by atoms with van der Waals surface area (Å²) in [5, 5.41) is 0. The highest BCUT2D eigenvalue weighted by Gasteiger charge is 2.06. The fraction of sp³-hybridized carbons (Fsp3) is 0.0588. The predicted molar refractivity (Wildman–Crippen MR) is 82.1 cm³/mol. The third kappa shape index (κ3) is 2.52. The average molecular weight is 261 g/mol. The molecule has 0 aliphatic heterocycles. The quantitative estimate of drug-likeness (QED) is 0.765. The summed E-state index contributed by atoms with van der Waals surface area (Å²) in [6.45, 7) is 2.06. The van der Waals surface area contributed by atoms with Gasteiger partial charge in [0.2, 0.25) is 0 Å². The maximum Gasteiger partial charge on any atom is 0.162 e. The van der Waals surface area contributed by atoms with Gasteiger partial charge in [-0.15, -0.1) is 0 Å². The average Bonchev–Trinajstić information content (AvgIpc) is 2.48. The number of nitrogen functional groups attached to an aromatic ring is 1. The van der Waals surface area contributed by atoms with E-state index in [9.17, 15) is 0 Å². The van der Waals surface area contributed by atoms with E-state index in [2.05, 4.69) is 29.0 Å². The fourth-order valence-electron chi connectivity index (χ4n) is 2.05. The summed E-state index contributed by atoms with van der Waals surface area (Å²) >= 11 is 0. The van der Waals surface area contributed by atoms with E-state index in [-0.39, 0.29) is 0 Å². The Labute approximate surface area is 118 Å². The molecule has 0 aliphatic rings. The van der Waals surface area contributed by atoms with Gasteiger partial charge in [0.05, 0.1) is 5.69 Å². The topological polar surface area (TPSA) is 51.8 Å². The van der Waals surface area contributed by atoms with Gasteiger partial charge in [-0.1, -0.05) is 60.2 Å². The molecule has 2 N–H and O–H groups in total. The summed E-state index contributed by atoms with van der Waals surface area (Å²) in [6, 6.07) is 19.9. The molecule has 0 aliphatic carbocycles. The zero-order valence-corrected chi connectivity index (χ0v) is 11.2. The molecule has 20 heavy (non-hydrogen) atoms. The summed E-state index contributed by atoms with van der Waals surface area (Å²) in [4.78, 5) is 8.93. The van der Waals surface area contributed by atoms with E-state index in [4.69, 9.17) is 5.73 Å². The van der Waals surface area contributed by atoms with Gasteiger partial charge >= 0.3 is 0 Å². The van der Waals surface area contributed by atoms with E-state index >= 15 is 0 Å². The number of hydrogen-bond acceptors (Lipinski definition) is 3. The van der Waals surface area contributed by atoms with Crippen molar-refractivity contribution < 1.29 is 0 Å². The van der Waals surface area contributed by atoms with E-state index in [0.29, 0.717) is 11.6 Å². The highest BCUT2D eigenvalue weighted by Crippen LogP contribution is 2.23. The molecule has 0 bridgehead atoms. The molecule has 0 saturated carbocycles. The van der Waals surface area contributed by atoms with E-state index in [1.165, 1.54) is 5.56 Å². The molecule has 2 aromatic carbocycles. The third-order valence-corrected chi connectivity index (χ3v) is 3.13. The normalized spacial score (nSPS) is 10.4. The number of nitrogens with two attached hydrogens (primary N) is 1. The number of nitrogens with zero attached hydrogens (tertiary/aromatic N) is 2. The lowest BCUT2D eigenvalue weighted by atomic mass is 10.1. The van der Waals surface area contributed by atoms with Crippen LogP contribution in [0.3, 0.4) is 0 Å². The van der Waals surface area contributed by atoms with Crippen LogP contribution in [0.15, 0.2) is 60.7 Å². The van der Waals surface area contributed by atoms with Gasteiger partial charge in [-0.25, -0.2) is 9.97 Å². The Morgan fingerprint density at radius 1 is 0.800 bits per heavy atom. The van der Waals surface area contributed by atoms with Crippen molar-refractivity contribution in [2.45, 2.75) is 6.92 Å². The number of benzene rings is 2. The molecule has 0 amide bonds. The zero-order chi connectivity index (χ0) is 13.9. The van der Waals surface area contributed by atoms with Gasteiger partial charge in [0.1, 0.15) is 5.82 Å². The third-order valence-electron chi connectivity index (χ3n) is 3.13. The van der Waals surface area contributed by atoms with Crippen LogP contribution in [0.5, 0.6) is 0 Å². The lowest BCUT2D eigenvalue weighted by Gasteiger charge is -2.06. The maximum absolute atomic E-state index is 5.91. The first-order valence-electron chi connectivity index (χ1n) is 6.49. The molecule has 3 rings (SSSR count). The van der Waals surface area contributed by atoms with E-state index in [1.807, 2.05) is 42.5 Å². The standard InChI is InChI=1S/C17H15N3/c1-12-7-9-13(10-8-12)15-11-16(18)20-17(19-15)14-5-3-2-4-6-14/h2-11H,1H3,(H2,18,19,20). The second-order valence-electron chi connectivity index (χ2n) is 4.73. The largest absolute Gasteiger partial charge is 0.384 e. The van der Waals surface area contributed by atoms with Gasteiger partial charge in [-0.3, -0.25) is 0 Å². The van der Waals surface area contributed by atoms with Crippen molar-refractivity contribution in [2.75, 3.05) is 5.73 Å². The Kier molecular flexibility index (Phi) is 3.17. The number of hydrogen-bond donors (Lipinski definition) is 1. The van der Waals surface area contributed by atoms with Gasteiger partial charge in [-0.05, 0) is 6.92 Å². The van der Waals surface area contributed by atoms with Crippen molar-refractivity contribution in [1.29, 1.82) is 0 Å². The Hall–Kier alpha value is -2.68. The fourth-order valence-corrected chi connectivity index (χ4v) is 2.05. The Morgan fingerprint density at radius 3 is 2.20 bits per heavy atom. The lowest BCUT2D eigenvalue weighted by Crippen LogP contribution is -1.97. The highest BCUT2D eigenvalue weighted by atomic mass is 14.9. The Bertz CT molecular complexity index is 719. The Morgan fingerprint density at radius 2 is 1.50 bits per heavy atom. The molecule has 3 aromatic rings. The molecule has 3 heteroatoms. The minimum atomic E-state index is 0.481. The molecule has 0 radical (unpaired) electrons. The van der Waals surface area contributed by atoms with Crippen molar-refractivity contribution in [1.82, 2.24) is 9.97 Å². The highest BCUT2D eigenvalue weighted by molar-refractivity contribution is 5.66. The van der Waals surface area contributed by atoms with Crippen LogP contribution in [0, 0.1) is 6.92 Å². The summed E-state index contributed by atoms with van der Waals surface area (Å²) in [5.41, 5.74) is 9.99. The second-order valence-corrected chi connectivity index (χ2v) is 4.73. The van der Waals surface area contributed by atoms with E-state index in [0.717, 1.165) is 16.8 Å². The van der Waals surface area contributed by atoms with E-state index in [1.54, 1.807) is 6.07 Å². The monoisotopic (exact) mass is 261 g/mol. The summed E-state index contributed by atoms with van der Waals surface area (Å²) in [7, 11) is 0. The maximum atomic E-state index is 5.91. The van der Waals surface area contributed by atoms with Crippen molar-refractivity contribution in [3.05, 3.63) is 66.2 Å². The van der Waals surface area contributed by atoms with Crippen LogP contribution in [0.4, 0.5) is 5.82 Å². The first-order chi connectivity index (χ1) is 9.72. The van der Waals surface area contributed by atoms with Crippen LogP contribution in [0.1, 0.15) is 5.56 Å².